The molecule has 0 aromatic heterocycles. The third-order valence-corrected chi connectivity index (χ3v) is 5.23. The molecule has 2 heteroatoms. The molecule has 0 saturated carbocycles. The van der Waals surface area contributed by atoms with Crippen molar-refractivity contribution in [1.82, 2.24) is 0 Å². The highest BCUT2D eigenvalue weighted by atomic mass is 33.1. The van der Waals surface area contributed by atoms with Gasteiger partial charge in [0.15, 0.2) is 0 Å². The fourth-order valence-electron chi connectivity index (χ4n) is 1.12. The van der Waals surface area contributed by atoms with Crippen molar-refractivity contribution in [3.05, 3.63) is 0 Å². The van der Waals surface area contributed by atoms with E-state index < -0.39 is 0 Å². The van der Waals surface area contributed by atoms with Gasteiger partial charge in [-0.2, -0.15) is 0 Å². The maximum atomic E-state index is 2.33. The summed E-state index contributed by atoms with van der Waals surface area (Å²) in [5, 5.41) is 0.754. The van der Waals surface area contributed by atoms with Crippen LogP contribution in [0.1, 0.15) is 54.9 Å². The molecular formula is C11H24S2. The molecule has 0 N–H and O–H groups in total. The Morgan fingerprint density at radius 1 is 1.00 bits per heavy atom. The summed E-state index contributed by atoms with van der Waals surface area (Å²) in [6.07, 6.45) is 1.29. The van der Waals surface area contributed by atoms with Crippen molar-refractivity contribution in [2.45, 2.75) is 64.9 Å². The van der Waals surface area contributed by atoms with Crippen molar-refractivity contribution in [2.75, 3.05) is 0 Å². The van der Waals surface area contributed by atoms with E-state index in [1.54, 1.807) is 0 Å². The van der Waals surface area contributed by atoms with E-state index in [0.29, 0.717) is 10.2 Å². The predicted octanol–water partition coefficient (Wildman–Crippen LogP) is 4.99. The lowest BCUT2D eigenvalue weighted by atomic mass is 9.91. The second-order valence-electron chi connectivity index (χ2n) is 5.87. The van der Waals surface area contributed by atoms with Crippen molar-refractivity contribution in [3.63, 3.8) is 0 Å². The van der Waals surface area contributed by atoms with Crippen LogP contribution in [0.4, 0.5) is 0 Å². The lowest BCUT2D eigenvalue weighted by molar-refractivity contribution is 0.379. The first-order valence-electron chi connectivity index (χ1n) is 4.95. The van der Waals surface area contributed by atoms with Gasteiger partial charge in [-0.1, -0.05) is 70.1 Å². The highest BCUT2D eigenvalue weighted by molar-refractivity contribution is 8.77. The summed E-state index contributed by atoms with van der Waals surface area (Å²) >= 11 is 0. The van der Waals surface area contributed by atoms with Crippen LogP contribution in [-0.2, 0) is 0 Å². The Balaban J connectivity index is 3.70. The van der Waals surface area contributed by atoms with Crippen molar-refractivity contribution >= 4 is 21.6 Å². The van der Waals surface area contributed by atoms with E-state index in [-0.39, 0.29) is 0 Å². The minimum absolute atomic E-state index is 0.386. The van der Waals surface area contributed by atoms with Gasteiger partial charge in [-0.25, -0.2) is 0 Å². The van der Waals surface area contributed by atoms with Gasteiger partial charge in [0.05, 0.1) is 0 Å². The lowest BCUT2D eigenvalue weighted by Gasteiger charge is -2.25. The molecule has 0 aromatic carbocycles. The molecule has 0 heterocycles. The molecule has 13 heavy (non-hydrogen) atoms. The quantitative estimate of drug-likeness (QED) is 0.614. The molecule has 0 radical (unpaired) electrons. The Hall–Kier alpha value is 0.700. The summed E-state index contributed by atoms with van der Waals surface area (Å²) < 4.78 is 0.386. The van der Waals surface area contributed by atoms with Crippen LogP contribution in [0.3, 0.4) is 0 Å². The van der Waals surface area contributed by atoms with Gasteiger partial charge in [-0.15, -0.1) is 0 Å². The molecular weight excluding hydrogens is 196 g/mol. The van der Waals surface area contributed by atoms with Crippen LogP contribution in [-0.4, -0.2) is 10.00 Å². The average molecular weight is 220 g/mol. The zero-order valence-electron chi connectivity index (χ0n) is 10.1. The van der Waals surface area contributed by atoms with Gasteiger partial charge in [0.25, 0.3) is 0 Å². The molecule has 0 aromatic rings. The van der Waals surface area contributed by atoms with Crippen LogP contribution in [0, 0.1) is 5.41 Å². The SMILES string of the molecule is CC(CC(C)(C)C)SSC(C)(C)C. The molecule has 0 aliphatic heterocycles. The molecule has 0 saturated heterocycles. The van der Waals surface area contributed by atoms with Gasteiger partial charge < -0.3 is 0 Å². The van der Waals surface area contributed by atoms with Gasteiger partial charge in [-0.05, 0) is 11.8 Å². The minimum Gasteiger partial charge on any atom is -0.0905 e. The first-order valence-corrected chi connectivity index (χ1v) is 7.16. The Morgan fingerprint density at radius 2 is 1.46 bits per heavy atom. The van der Waals surface area contributed by atoms with E-state index >= 15 is 0 Å². The van der Waals surface area contributed by atoms with Crippen LogP contribution >= 0.6 is 21.6 Å². The molecule has 1 unspecified atom stereocenters. The van der Waals surface area contributed by atoms with Gasteiger partial charge in [0.1, 0.15) is 0 Å². The molecule has 0 bridgehead atoms. The standard InChI is InChI=1S/C11H24S2/c1-9(8-10(2,3)4)12-13-11(5,6)7/h9H,8H2,1-7H3. The summed E-state index contributed by atoms with van der Waals surface area (Å²) in [6.45, 7) is 16.1. The highest BCUT2D eigenvalue weighted by Gasteiger charge is 2.18. The van der Waals surface area contributed by atoms with E-state index in [1.165, 1.54) is 6.42 Å². The molecule has 0 aliphatic carbocycles. The first kappa shape index (κ1) is 13.7. The molecule has 80 valence electrons. The van der Waals surface area contributed by atoms with E-state index in [9.17, 15) is 0 Å². The molecule has 0 nitrogen and oxygen atoms in total. The normalized spacial score (nSPS) is 15.9. The van der Waals surface area contributed by atoms with Crippen LogP contribution in [0.25, 0.3) is 0 Å². The third kappa shape index (κ3) is 10.6. The number of hydrogen-bond donors (Lipinski definition) is 0. The lowest BCUT2D eigenvalue weighted by Crippen LogP contribution is -2.13. The number of rotatable bonds is 3. The van der Waals surface area contributed by atoms with E-state index in [4.69, 9.17) is 0 Å². The largest absolute Gasteiger partial charge is 0.0905 e. The van der Waals surface area contributed by atoms with Crippen LogP contribution in [0.5, 0.6) is 0 Å². The van der Waals surface area contributed by atoms with Crippen molar-refractivity contribution < 1.29 is 0 Å². The van der Waals surface area contributed by atoms with Gasteiger partial charge >= 0.3 is 0 Å². The van der Waals surface area contributed by atoms with Crippen molar-refractivity contribution in [3.8, 4) is 0 Å². The van der Waals surface area contributed by atoms with Crippen molar-refractivity contribution in [2.24, 2.45) is 5.41 Å². The van der Waals surface area contributed by atoms with E-state index in [0.717, 1.165) is 5.25 Å². The maximum Gasteiger partial charge on any atom is 0.0179 e. The summed E-state index contributed by atoms with van der Waals surface area (Å²) in [4.78, 5) is 0. The number of hydrogen-bond acceptors (Lipinski definition) is 2. The zero-order valence-corrected chi connectivity index (χ0v) is 11.7. The van der Waals surface area contributed by atoms with Crippen molar-refractivity contribution in [1.29, 1.82) is 0 Å². The highest BCUT2D eigenvalue weighted by Crippen LogP contribution is 2.41. The predicted molar refractivity (Wildman–Crippen MR) is 68.5 cm³/mol. The van der Waals surface area contributed by atoms with Crippen LogP contribution in [0.15, 0.2) is 0 Å². The van der Waals surface area contributed by atoms with Crippen LogP contribution in [0.2, 0.25) is 0 Å². The summed E-state index contributed by atoms with van der Waals surface area (Å²) in [5.74, 6) is 0. The second kappa shape index (κ2) is 4.97. The van der Waals surface area contributed by atoms with E-state index in [2.05, 4.69) is 48.5 Å². The molecule has 0 aliphatic rings. The fraction of sp³-hybridized carbons (Fsp3) is 1.00. The third-order valence-electron chi connectivity index (χ3n) is 1.36. The second-order valence-corrected chi connectivity index (χ2v) is 9.33. The van der Waals surface area contributed by atoms with Gasteiger partial charge in [-0.3, -0.25) is 0 Å². The Bertz CT molecular complexity index is 139. The maximum absolute atomic E-state index is 2.33. The summed E-state index contributed by atoms with van der Waals surface area (Å²) in [7, 11) is 4.03. The van der Waals surface area contributed by atoms with Gasteiger partial charge in [0, 0.05) is 10.00 Å². The molecule has 0 amide bonds. The van der Waals surface area contributed by atoms with E-state index in [1.807, 2.05) is 21.6 Å². The van der Waals surface area contributed by atoms with Gasteiger partial charge in [0.2, 0.25) is 0 Å². The molecule has 0 rings (SSSR count). The molecule has 0 fully saturated rings. The Morgan fingerprint density at radius 3 is 1.77 bits per heavy atom. The molecule has 0 spiro atoms. The Labute approximate surface area is 92.0 Å². The average Bonchev–Trinajstić information content (AvgIpc) is 1.78. The summed E-state index contributed by atoms with van der Waals surface area (Å²) in [6, 6.07) is 0. The smallest absolute Gasteiger partial charge is 0.0179 e. The molecule has 1 atom stereocenters. The monoisotopic (exact) mass is 220 g/mol. The first-order chi connectivity index (χ1) is 5.60. The topological polar surface area (TPSA) is 0 Å². The minimum atomic E-state index is 0.386. The summed E-state index contributed by atoms with van der Waals surface area (Å²) in [5.41, 5.74) is 0.463. The fourth-order valence-corrected chi connectivity index (χ4v) is 3.71. The zero-order chi connectivity index (χ0) is 10.7. The Kier molecular flexibility index (Phi) is 5.24. The van der Waals surface area contributed by atoms with Crippen LogP contribution < -0.4 is 0 Å².